The highest BCUT2D eigenvalue weighted by atomic mass is 16.2. The standard InChI is InChI=1S/C22H32N4O/c1-16(2)18-9-6-10-19(11-18)25-22(27)21(23)12-20-14-26(15-24-20)13-17-7-4-3-5-8-17/h3-5,7-8,14-16,18-19,21H,6,9-13,23H2,1-2H3,(H,25,27)/t18?,19?,21-/m0/s1. The number of nitrogens with one attached hydrogen (secondary N) is 1. The molecule has 0 bridgehead atoms. The van der Waals surface area contributed by atoms with Gasteiger partial charge in [-0.3, -0.25) is 4.79 Å². The largest absolute Gasteiger partial charge is 0.352 e. The number of nitrogens with two attached hydrogens (primary N) is 1. The molecule has 1 aliphatic carbocycles. The Bertz CT molecular complexity index is 725. The molecule has 2 aromatic rings. The van der Waals surface area contributed by atoms with Gasteiger partial charge in [-0.25, -0.2) is 4.98 Å². The fraction of sp³-hybridized carbons (Fsp3) is 0.545. The van der Waals surface area contributed by atoms with Gasteiger partial charge in [0.15, 0.2) is 0 Å². The first-order chi connectivity index (χ1) is 13.0. The van der Waals surface area contributed by atoms with Crippen LogP contribution in [0, 0.1) is 11.8 Å². The summed E-state index contributed by atoms with van der Waals surface area (Å²) in [7, 11) is 0. The summed E-state index contributed by atoms with van der Waals surface area (Å²) < 4.78 is 2.03. The number of benzene rings is 1. The Hall–Kier alpha value is -2.14. The minimum atomic E-state index is -0.551. The minimum absolute atomic E-state index is 0.0537. The molecule has 1 aromatic carbocycles. The number of carbonyl (C=O) groups excluding carboxylic acids is 1. The van der Waals surface area contributed by atoms with Gasteiger partial charge in [0.2, 0.25) is 5.91 Å². The van der Waals surface area contributed by atoms with Crippen LogP contribution in [-0.4, -0.2) is 27.5 Å². The number of nitrogens with zero attached hydrogens (tertiary/aromatic N) is 2. The van der Waals surface area contributed by atoms with Gasteiger partial charge in [-0.1, -0.05) is 57.0 Å². The van der Waals surface area contributed by atoms with Gasteiger partial charge in [-0.05, 0) is 30.2 Å². The van der Waals surface area contributed by atoms with Crippen molar-refractivity contribution in [3.63, 3.8) is 0 Å². The maximum absolute atomic E-state index is 12.5. The molecular weight excluding hydrogens is 336 g/mol. The van der Waals surface area contributed by atoms with Crippen LogP contribution < -0.4 is 11.1 Å². The van der Waals surface area contributed by atoms with E-state index in [0.29, 0.717) is 18.3 Å². The lowest BCUT2D eigenvalue weighted by Gasteiger charge is -2.32. The lowest BCUT2D eigenvalue weighted by Crippen LogP contribution is -2.48. The van der Waals surface area contributed by atoms with Crippen molar-refractivity contribution in [1.29, 1.82) is 0 Å². The lowest BCUT2D eigenvalue weighted by molar-refractivity contribution is -0.123. The van der Waals surface area contributed by atoms with E-state index in [-0.39, 0.29) is 11.9 Å². The molecule has 1 aromatic heterocycles. The number of imidazole rings is 1. The molecule has 5 heteroatoms. The van der Waals surface area contributed by atoms with Gasteiger partial charge in [-0.2, -0.15) is 0 Å². The summed E-state index contributed by atoms with van der Waals surface area (Å²) in [5, 5.41) is 3.17. The first-order valence-corrected chi connectivity index (χ1v) is 10.1. The summed E-state index contributed by atoms with van der Waals surface area (Å²) in [5.74, 6) is 1.32. The zero-order valence-corrected chi connectivity index (χ0v) is 16.5. The number of amides is 1. The summed E-state index contributed by atoms with van der Waals surface area (Å²) in [6, 6.07) is 9.96. The average Bonchev–Trinajstić information content (AvgIpc) is 3.09. The van der Waals surface area contributed by atoms with E-state index in [0.717, 1.165) is 25.1 Å². The van der Waals surface area contributed by atoms with Crippen molar-refractivity contribution >= 4 is 5.91 Å². The van der Waals surface area contributed by atoms with Crippen LogP contribution in [0.5, 0.6) is 0 Å². The lowest BCUT2D eigenvalue weighted by atomic mass is 9.79. The van der Waals surface area contributed by atoms with Gasteiger partial charge in [0.1, 0.15) is 0 Å². The highest BCUT2D eigenvalue weighted by molar-refractivity contribution is 5.82. The van der Waals surface area contributed by atoms with Gasteiger partial charge >= 0.3 is 0 Å². The SMILES string of the molecule is CC(C)C1CCCC(NC(=O)[C@@H](N)Cc2cn(Cc3ccccc3)cn2)C1. The summed E-state index contributed by atoms with van der Waals surface area (Å²) in [4.78, 5) is 16.9. The van der Waals surface area contributed by atoms with E-state index in [4.69, 9.17) is 5.73 Å². The van der Waals surface area contributed by atoms with Gasteiger partial charge in [0, 0.05) is 25.2 Å². The zero-order chi connectivity index (χ0) is 19.2. The van der Waals surface area contributed by atoms with Gasteiger partial charge in [0.05, 0.1) is 18.1 Å². The molecule has 1 saturated carbocycles. The normalized spacial score (nSPS) is 21.2. The highest BCUT2D eigenvalue weighted by Crippen LogP contribution is 2.29. The molecule has 1 amide bonds. The second-order valence-electron chi connectivity index (χ2n) is 8.21. The Labute approximate surface area is 162 Å². The Morgan fingerprint density at radius 3 is 2.81 bits per heavy atom. The van der Waals surface area contributed by atoms with Crippen molar-refractivity contribution < 1.29 is 4.79 Å². The summed E-state index contributed by atoms with van der Waals surface area (Å²) >= 11 is 0. The maximum Gasteiger partial charge on any atom is 0.237 e. The zero-order valence-electron chi connectivity index (χ0n) is 16.5. The number of carbonyl (C=O) groups is 1. The molecule has 1 fully saturated rings. The van der Waals surface area contributed by atoms with E-state index < -0.39 is 6.04 Å². The Balaban J connectivity index is 1.49. The number of aromatic nitrogens is 2. The fourth-order valence-corrected chi connectivity index (χ4v) is 3.98. The summed E-state index contributed by atoms with van der Waals surface area (Å²) in [5.41, 5.74) is 8.24. The molecule has 3 atom stereocenters. The van der Waals surface area contributed by atoms with Crippen LogP contribution in [0.25, 0.3) is 0 Å². The van der Waals surface area contributed by atoms with Gasteiger partial charge < -0.3 is 15.6 Å². The van der Waals surface area contributed by atoms with Crippen LogP contribution in [0.15, 0.2) is 42.9 Å². The van der Waals surface area contributed by atoms with Crippen LogP contribution >= 0.6 is 0 Å². The second-order valence-corrected chi connectivity index (χ2v) is 8.21. The average molecular weight is 369 g/mol. The molecule has 2 unspecified atom stereocenters. The van der Waals surface area contributed by atoms with Crippen LogP contribution in [0.2, 0.25) is 0 Å². The predicted octanol–water partition coefficient (Wildman–Crippen LogP) is 3.13. The molecule has 27 heavy (non-hydrogen) atoms. The van der Waals surface area contributed by atoms with E-state index in [1.165, 1.54) is 18.4 Å². The fourth-order valence-electron chi connectivity index (χ4n) is 3.98. The topological polar surface area (TPSA) is 72.9 Å². The van der Waals surface area contributed by atoms with Crippen LogP contribution in [0.3, 0.4) is 0 Å². The molecule has 1 heterocycles. The monoisotopic (exact) mass is 368 g/mol. The molecular formula is C22H32N4O. The summed E-state index contributed by atoms with van der Waals surface area (Å²) in [6.07, 6.45) is 8.85. The van der Waals surface area contributed by atoms with Crippen molar-refractivity contribution in [2.75, 3.05) is 0 Å². The molecule has 0 aliphatic heterocycles. The minimum Gasteiger partial charge on any atom is -0.352 e. The molecule has 0 radical (unpaired) electrons. The van der Waals surface area contributed by atoms with Crippen molar-refractivity contribution in [3.8, 4) is 0 Å². The van der Waals surface area contributed by atoms with Crippen molar-refractivity contribution in [2.24, 2.45) is 17.6 Å². The Kier molecular flexibility index (Phi) is 6.67. The van der Waals surface area contributed by atoms with Gasteiger partial charge in [-0.15, -0.1) is 0 Å². The number of hydrogen-bond acceptors (Lipinski definition) is 3. The van der Waals surface area contributed by atoms with Crippen molar-refractivity contribution in [1.82, 2.24) is 14.9 Å². The first-order valence-electron chi connectivity index (χ1n) is 10.1. The highest BCUT2D eigenvalue weighted by Gasteiger charge is 2.26. The molecule has 3 N–H and O–H groups in total. The molecule has 0 saturated heterocycles. The van der Waals surface area contributed by atoms with E-state index in [2.05, 4.69) is 36.3 Å². The number of rotatable bonds is 7. The molecule has 146 valence electrons. The smallest absolute Gasteiger partial charge is 0.237 e. The third-order valence-electron chi connectivity index (χ3n) is 5.66. The van der Waals surface area contributed by atoms with E-state index in [1.54, 1.807) is 6.33 Å². The first kappa shape index (κ1) is 19.6. The van der Waals surface area contributed by atoms with Crippen LogP contribution in [0.1, 0.15) is 50.8 Å². The molecule has 0 spiro atoms. The van der Waals surface area contributed by atoms with Crippen molar-refractivity contribution in [3.05, 3.63) is 54.1 Å². The molecule has 3 rings (SSSR count). The third kappa shape index (κ3) is 5.67. The molecule has 1 aliphatic rings. The maximum atomic E-state index is 12.5. The van der Waals surface area contributed by atoms with Crippen LogP contribution in [-0.2, 0) is 17.8 Å². The Morgan fingerprint density at radius 2 is 2.07 bits per heavy atom. The van der Waals surface area contributed by atoms with E-state index >= 15 is 0 Å². The Morgan fingerprint density at radius 1 is 1.30 bits per heavy atom. The molecule has 5 nitrogen and oxygen atoms in total. The summed E-state index contributed by atoms with van der Waals surface area (Å²) in [6.45, 7) is 5.31. The van der Waals surface area contributed by atoms with E-state index in [9.17, 15) is 4.79 Å². The number of hydrogen-bond donors (Lipinski definition) is 2. The predicted molar refractivity (Wildman–Crippen MR) is 108 cm³/mol. The van der Waals surface area contributed by atoms with Crippen LogP contribution in [0.4, 0.5) is 0 Å². The van der Waals surface area contributed by atoms with Gasteiger partial charge in [0.25, 0.3) is 0 Å². The quantitative estimate of drug-likeness (QED) is 0.788. The van der Waals surface area contributed by atoms with E-state index in [1.807, 2.05) is 29.0 Å². The van der Waals surface area contributed by atoms with Crippen molar-refractivity contribution in [2.45, 2.75) is 64.6 Å². The third-order valence-corrected chi connectivity index (χ3v) is 5.66. The second kappa shape index (κ2) is 9.18.